The largest absolute Gasteiger partial charge is 0.317 e. The molecule has 27 heavy (non-hydrogen) atoms. The summed E-state index contributed by atoms with van der Waals surface area (Å²) in [6.07, 6.45) is 1.83. The standard InChI is InChI=1S/C18H18BrClN4O2S/c19-14-5-6-18(15(20)11-14)27(25,26)24-9-7-22(8-10-24)13-23-12-21-16-3-1-2-4-17(16)23/h1-6,11-12H,7-10,13H2. The lowest BCUT2D eigenvalue weighted by molar-refractivity contribution is 0.154. The van der Waals surface area contributed by atoms with Crippen LogP contribution in [0.25, 0.3) is 11.0 Å². The van der Waals surface area contributed by atoms with E-state index in [-0.39, 0.29) is 9.92 Å². The zero-order chi connectivity index (χ0) is 19.0. The highest BCUT2D eigenvalue weighted by Crippen LogP contribution is 2.28. The molecule has 1 fully saturated rings. The van der Waals surface area contributed by atoms with Crippen molar-refractivity contribution >= 4 is 48.6 Å². The lowest BCUT2D eigenvalue weighted by Crippen LogP contribution is -2.48. The maximum absolute atomic E-state index is 12.9. The van der Waals surface area contributed by atoms with Gasteiger partial charge in [0.25, 0.3) is 0 Å². The summed E-state index contributed by atoms with van der Waals surface area (Å²) < 4.78 is 30.2. The molecule has 6 nitrogen and oxygen atoms in total. The molecule has 1 aliphatic heterocycles. The van der Waals surface area contributed by atoms with Crippen molar-refractivity contribution in [3.8, 4) is 0 Å². The molecule has 3 aromatic rings. The molecule has 9 heteroatoms. The molecular weight excluding hydrogens is 452 g/mol. The molecule has 2 heterocycles. The predicted octanol–water partition coefficient (Wildman–Crippen LogP) is 3.42. The van der Waals surface area contributed by atoms with E-state index < -0.39 is 10.0 Å². The number of hydrogen-bond donors (Lipinski definition) is 0. The molecule has 1 aromatic heterocycles. The first-order valence-corrected chi connectivity index (χ1v) is 11.1. The van der Waals surface area contributed by atoms with Crippen LogP contribution >= 0.6 is 27.5 Å². The minimum Gasteiger partial charge on any atom is -0.317 e. The normalized spacial score (nSPS) is 16.8. The number of piperazine rings is 1. The Balaban J connectivity index is 1.45. The molecule has 0 N–H and O–H groups in total. The average molecular weight is 470 g/mol. The molecule has 1 saturated heterocycles. The van der Waals surface area contributed by atoms with Gasteiger partial charge in [-0.05, 0) is 30.3 Å². The number of benzene rings is 2. The van der Waals surface area contributed by atoms with Crippen molar-refractivity contribution < 1.29 is 8.42 Å². The number of halogens is 2. The van der Waals surface area contributed by atoms with Crippen molar-refractivity contribution in [3.05, 3.63) is 58.3 Å². The second-order valence-corrected chi connectivity index (χ2v) is 9.67. The van der Waals surface area contributed by atoms with Crippen LogP contribution in [0, 0.1) is 0 Å². The Bertz CT molecular complexity index is 1080. The predicted molar refractivity (Wildman–Crippen MR) is 109 cm³/mol. The molecule has 0 amide bonds. The Morgan fingerprint density at radius 2 is 1.81 bits per heavy atom. The molecular formula is C18H18BrClN4O2S. The highest BCUT2D eigenvalue weighted by Gasteiger charge is 2.30. The van der Waals surface area contributed by atoms with Gasteiger partial charge in [-0.25, -0.2) is 13.4 Å². The van der Waals surface area contributed by atoms with Crippen LogP contribution in [-0.4, -0.2) is 53.4 Å². The van der Waals surface area contributed by atoms with Crippen molar-refractivity contribution in [3.63, 3.8) is 0 Å². The second kappa shape index (κ2) is 7.52. The molecule has 0 bridgehead atoms. The quantitative estimate of drug-likeness (QED) is 0.587. The molecule has 0 aliphatic carbocycles. The van der Waals surface area contributed by atoms with Gasteiger partial charge in [-0.1, -0.05) is 39.7 Å². The van der Waals surface area contributed by atoms with E-state index in [4.69, 9.17) is 11.6 Å². The van der Waals surface area contributed by atoms with Gasteiger partial charge in [-0.2, -0.15) is 4.31 Å². The first-order valence-electron chi connectivity index (χ1n) is 8.52. The minimum absolute atomic E-state index is 0.154. The van der Waals surface area contributed by atoms with Gasteiger partial charge >= 0.3 is 0 Å². The Kier molecular flexibility index (Phi) is 5.26. The minimum atomic E-state index is -3.59. The van der Waals surface area contributed by atoms with Gasteiger partial charge in [-0.15, -0.1) is 0 Å². The highest BCUT2D eigenvalue weighted by atomic mass is 79.9. The van der Waals surface area contributed by atoms with Gasteiger partial charge < -0.3 is 4.57 Å². The number of sulfonamides is 1. The summed E-state index contributed by atoms with van der Waals surface area (Å²) in [5.74, 6) is 0. The van der Waals surface area contributed by atoms with E-state index in [1.54, 1.807) is 18.2 Å². The van der Waals surface area contributed by atoms with Crippen LogP contribution in [0.5, 0.6) is 0 Å². The molecule has 2 aromatic carbocycles. The fraction of sp³-hybridized carbons (Fsp3) is 0.278. The van der Waals surface area contributed by atoms with Crippen LogP contribution in [0.2, 0.25) is 5.02 Å². The third kappa shape index (κ3) is 3.77. The number of fused-ring (bicyclic) bond motifs is 1. The summed E-state index contributed by atoms with van der Waals surface area (Å²) >= 11 is 9.46. The summed E-state index contributed by atoms with van der Waals surface area (Å²) in [6, 6.07) is 12.8. The molecule has 0 radical (unpaired) electrons. The Morgan fingerprint density at radius 3 is 2.56 bits per heavy atom. The Morgan fingerprint density at radius 1 is 1.07 bits per heavy atom. The van der Waals surface area contributed by atoms with Crippen molar-refractivity contribution in [1.82, 2.24) is 18.8 Å². The van der Waals surface area contributed by atoms with Gasteiger partial charge in [0.15, 0.2) is 0 Å². The molecule has 0 unspecified atom stereocenters. The number of aromatic nitrogens is 2. The van der Waals surface area contributed by atoms with Crippen LogP contribution in [0.1, 0.15) is 0 Å². The van der Waals surface area contributed by atoms with E-state index in [1.165, 1.54) is 4.31 Å². The summed E-state index contributed by atoms with van der Waals surface area (Å²) in [6.45, 7) is 2.86. The third-order valence-corrected chi connectivity index (χ3v) is 7.60. The molecule has 4 rings (SSSR count). The second-order valence-electron chi connectivity index (χ2n) is 6.44. The van der Waals surface area contributed by atoms with Crippen molar-refractivity contribution in [1.29, 1.82) is 0 Å². The van der Waals surface area contributed by atoms with Crippen LogP contribution in [0.4, 0.5) is 0 Å². The topological polar surface area (TPSA) is 58.4 Å². The SMILES string of the molecule is O=S(=O)(c1ccc(Br)cc1Cl)N1CCN(Cn2cnc3ccccc32)CC1. The first kappa shape index (κ1) is 18.9. The number of imidazole rings is 1. The number of nitrogens with zero attached hydrogens (tertiary/aromatic N) is 4. The van der Waals surface area contributed by atoms with Gasteiger partial charge in [0.1, 0.15) is 4.90 Å². The molecule has 0 spiro atoms. The van der Waals surface area contributed by atoms with E-state index in [9.17, 15) is 8.42 Å². The molecule has 0 saturated carbocycles. The van der Waals surface area contributed by atoms with Crippen molar-refractivity contribution in [2.24, 2.45) is 0 Å². The summed E-state index contributed by atoms with van der Waals surface area (Å²) in [5.41, 5.74) is 2.04. The van der Waals surface area contributed by atoms with Gasteiger partial charge in [0, 0.05) is 30.7 Å². The van der Waals surface area contributed by atoms with Crippen molar-refractivity contribution in [2.75, 3.05) is 26.2 Å². The first-order chi connectivity index (χ1) is 12.9. The van der Waals surface area contributed by atoms with Crippen LogP contribution in [0.3, 0.4) is 0 Å². The highest BCUT2D eigenvalue weighted by molar-refractivity contribution is 9.10. The average Bonchev–Trinajstić information content (AvgIpc) is 3.05. The lowest BCUT2D eigenvalue weighted by Gasteiger charge is -2.34. The Hall–Kier alpha value is -1.45. The zero-order valence-corrected chi connectivity index (χ0v) is 17.6. The monoisotopic (exact) mass is 468 g/mol. The van der Waals surface area contributed by atoms with Crippen LogP contribution in [0.15, 0.2) is 58.2 Å². The van der Waals surface area contributed by atoms with Gasteiger partial charge in [0.2, 0.25) is 10.0 Å². The van der Waals surface area contributed by atoms with E-state index in [0.717, 1.165) is 15.5 Å². The maximum Gasteiger partial charge on any atom is 0.244 e. The van der Waals surface area contributed by atoms with Crippen LogP contribution in [-0.2, 0) is 16.7 Å². The number of para-hydroxylation sites is 2. The number of rotatable bonds is 4. The number of hydrogen-bond acceptors (Lipinski definition) is 4. The maximum atomic E-state index is 12.9. The van der Waals surface area contributed by atoms with Gasteiger partial charge in [-0.3, -0.25) is 4.90 Å². The van der Waals surface area contributed by atoms with E-state index in [0.29, 0.717) is 32.8 Å². The molecule has 0 atom stereocenters. The van der Waals surface area contributed by atoms with E-state index >= 15 is 0 Å². The Labute approximate surface area is 171 Å². The third-order valence-electron chi connectivity index (χ3n) is 4.72. The van der Waals surface area contributed by atoms with E-state index in [1.807, 2.05) is 30.6 Å². The fourth-order valence-corrected chi connectivity index (χ4v) is 5.71. The smallest absolute Gasteiger partial charge is 0.244 e. The van der Waals surface area contributed by atoms with E-state index in [2.05, 4.69) is 30.4 Å². The summed E-state index contributed by atoms with van der Waals surface area (Å²) in [7, 11) is -3.59. The lowest BCUT2D eigenvalue weighted by atomic mass is 10.3. The van der Waals surface area contributed by atoms with Gasteiger partial charge in [0.05, 0.1) is 29.1 Å². The van der Waals surface area contributed by atoms with Crippen molar-refractivity contribution in [2.45, 2.75) is 11.6 Å². The fourth-order valence-electron chi connectivity index (χ4n) is 3.27. The van der Waals surface area contributed by atoms with Crippen LogP contribution < -0.4 is 0 Å². The zero-order valence-electron chi connectivity index (χ0n) is 14.4. The molecule has 142 valence electrons. The summed E-state index contributed by atoms with van der Waals surface area (Å²) in [5, 5.41) is 0.233. The molecule has 1 aliphatic rings. The summed E-state index contributed by atoms with van der Waals surface area (Å²) in [4.78, 5) is 6.79.